The Morgan fingerprint density at radius 1 is 1.04 bits per heavy atom. The van der Waals surface area contributed by atoms with Crippen molar-refractivity contribution in [1.29, 1.82) is 5.26 Å². The number of amides is 1. The van der Waals surface area contributed by atoms with E-state index in [-0.39, 0.29) is 43.4 Å². The summed E-state index contributed by atoms with van der Waals surface area (Å²) >= 11 is 0. The molecule has 1 aliphatic rings. The van der Waals surface area contributed by atoms with Gasteiger partial charge in [0.15, 0.2) is 0 Å². The number of carbonyl (C=O) groups excluding carboxylic acids is 1. The maximum absolute atomic E-state index is 13.7. The van der Waals surface area contributed by atoms with Gasteiger partial charge in [-0.3, -0.25) is 4.79 Å². The highest BCUT2D eigenvalue weighted by atomic mass is 32.2. The average Bonchev–Trinajstić information content (AvgIpc) is 2.70. The van der Waals surface area contributed by atoms with Crippen LogP contribution in [-0.4, -0.2) is 49.7 Å². The molecule has 3 rings (SSSR count). The fourth-order valence-corrected chi connectivity index (χ4v) is 4.37. The Morgan fingerprint density at radius 2 is 1.67 bits per heavy atom. The standard InChI is InChI=1S/C19H18FN3O3S/c20-18-4-2-1-3-16(18)13-19(24)22-9-11-23(12-10-22)27(25,26)17-7-5-15(14-21)6-8-17/h1-8H,9-13H2. The molecular formula is C19H18FN3O3S. The van der Waals surface area contributed by atoms with E-state index in [1.165, 1.54) is 34.6 Å². The van der Waals surface area contributed by atoms with Crippen molar-refractivity contribution in [3.8, 4) is 6.07 Å². The number of carbonyl (C=O) groups is 1. The zero-order valence-corrected chi connectivity index (χ0v) is 15.3. The van der Waals surface area contributed by atoms with E-state index in [0.29, 0.717) is 11.1 Å². The van der Waals surface area contributed by atoms with Crippen LogP contribution in [0, 0.1) is 17.1 Å². The molecular weight excluding hydrogens is 369 g/mol. The zero-order valence-electron chi connectivity index (χ0n) is 14.5. The molecule has 0 bridgehead atoms. The smallest absolute Gasteiger partial charge is 0.243 e. The molecule has 1 amide bonds. The Bertz CT molecular complexity index is 976. The minimum absolute atomic E-state index is 0.0466. The van der Waals surface area contributed by atoms with Crippen LogP contribution in [0.25, 0.3) is 0 Å². The van der Waals surface area contributed by atoms with Gasteiger partial charge in [-0.25, -0.2) is 12.8 Å². The van der Waals surface area contributed by atoms with Crippen molar-refractivity contribution in [1.82, 2.24) is 9.21 Å². The Morgan fingerprint density at radius 3 is 2.26 bits per heavy atom. The summed E-state index contributed by atoms with van der Waals surface area (Å²) < 4.78 is 40.4. The molecule has 0 atom stereocenters. The first-order chi connectivity index (χ1) is 12.9. The third-order valence-electron chi connectivity index (χ3n) is 4.51. The summed E-state index contributed by atoms with van der Waals surface area (Å²) in [4.78, 5) is 14.0. The summed E-state index contributed by atoms with van der Waals surface area (Å²) in [5.74, 6) is -0.650. The van der Waals surface area contributed by atoms with E-state index in [4.69, 9.17) is 5.26 Å². The molecule has 0 aromatic heterocycles. The van der Waals surface area contributed by atoms with Crippen LogP contribution in [-0.2, 0) is 21.2 Å². The molecule has 0 N–H and O–H groups in total. The molecule has 2 aromatic rings. The highest BCUT2D eigenvalue weighted by molar-refractivity contribution is 7.89. The van der Waals surface area contributed by atoms with Crippen LogP contribution in [0.5, 0.6) is 0 Å². The lowest BCUT2D eigenvalue weighted by atomic mass is 10.1. The third-order valence-corrected chi connectivity index (χ3v) is 6.42. The number of piperazine rings is 1. The van der Waals surface area contributed by atoms with Crippen molar-refractivity contribution >= 4 is 15.9 Å². The third kappa shape index (κ3) is 4.15. The summed E-state index contributed by atoms with van der Waals surface area (Å²) in [6.07, 6.45) is -0.0466. The van der Waals surface area contributed by atoms with Gasteiger partial charge in [-0.2, -0.15) is 9.57 Å². The van der Waals surface area contributed by atoms with E-state index in [9.17, 15) is 17.6 Å². The summed E-state index contributed by atoms with van der Waals surface area (Å²) in [6.45, 7) is 0.849. The van der Waals surface area contributed by atoms with Crippen molar-refractivity contribution in [2.24, 2.45) is 0 Å². The quantitative estimate of drug-likeness (QED) is 0.801. The number of sulfonamides is 1. The maximum Gasteiger partial charge on any atom is 0.243 e. The molecule has 27 heavy (non-hydrogen) atoms. The number of hydrogen-bond acceptors (Lipinski definition) is 4. The number of benzene rings is 2. The normalized spacial score (nSPS) is 15.3. The number of rotatable bonds is 4. The molecule has 1 fully saturated rings. The Labute approximate surface area is 157 Å². The second kappa shape index (κ2) is 7.86. The second-order valence-corrected chi connectivity index (χ2v) is 8.13. The SMILES string of the molecule is N#Cc1ccc(S(=O)(=O)N2CCN(C(=O)Cc3ccccc3F)CC2)cc1. The van der Waals surface area contributed by atoms with E-state index in [0.717, 1.165) is 0 Å². The molecule has 140 valence electrons. The van der Waals surface area contributed by atoms with Gasteiger partial charge in [-0.15, -0.1) is 0 Å². The van der Waals surface area contributed by atoms with E-state index in [2.05, 4.69) is 0 Å². The van der Waals surface area contributed by atoms with Crippen LogP contribution in [0.15, 0.2) is 53.4 Å². The van der Waals surface area contributed by atoms with E-state index in [1.807, 2.05) is 6.07 Å². The highest BCUT2D eigenvalue weighted by Gasteiger charge is 2.30. The van der Waals surface area contributed by atoms with E-state index >= 15 is 0 Å². The topological polar surface area (TPSA) is 81.5 Å². The number of halogens is 1. The van der Waals surface area contributed by atoms with Gasteiger partial charge < -0.3 is 4.90 Å². The van der Waals surface area contributed by atoms with Crippen LogP contribution >= 0.6 is 0 Å². The van der Waals surface area contributed by atoms with Gasteiger partial charge in [0.25, 0.3) is 0 Å². The second-order valence-electron chi connectivity index (χ2n) is 6.19. The molecule has 0 saturated carbocycles. The van der Waals surface area contributed by atoms with Gasteiger partial charge in [-0.1, -0.05) is 18.2 Å². The van der Waals surface area contributed by atoms with Crippen LogP contribution in [0.4, 0.5) is 4.39 Å². The first kappa shape index (κ1) is 19.0. The molecule has 0 aliphatic carbocycles. The number of nitriles is 1. The molecule has 1 saturated heterocycles. The Balaban J connectivity index is 1.63. The maximum atomic E-state index is 13.7. The zero-order chi connectivity index (χ0) is 19.4. The fraction of sp³-hybridized carbons (Fsp3) is 0.263. The molecule has 8 heteroatoms. The van der Waals surface area contributed by atoms with Gasteiger partial charge in [0.2, 0.25) is 15.9 Å². The first-order valence-electron chi connectivity index (χ1n) is 8.43. The number of nitrogens with zero attached hydrogens (tertiary/aromatic N) is 3. The first-order valence-corrected chi connectivity index (χ1v) is 9.87. The fourth-order valence-electron chi connectivity index (χ4n) is 2.94. The monoisotopic (exact) mass is 387 g/mol. The highest BCUT2D eigenvalue weighted by Crippen LogP contribution is 2.19. The van der Waals surface area contributed by atoms with E-state index in [1.54, 1.807) is 23.1 Å². The van der Waals surface area contributed by atoms with E-state index < -0.39 is 15.8 Å². The Kier molecular flexibility index (Phi) is 5.54. The lowest BCUT2D eigenvalue weighted by molar-refractivity contribution is -0.131. The van der Waals surface area contributed by atoms with Gasteiger partial charge in [0.1, 0.15) is 5.82 Å². The number of hydrogen-bond donors (Lipinski definition) is 0. The lowest BCUT2D eigenvalue weighted by Gasteiger charge is -2.34. The summed E-state index contributed by atoms with van der Waals surface area (Å²) in [5, 5.41) is 8.81. The van der Waals surface area contributed by atoms with Crippen LogP contribution in [0.1, 0.15) is 11.1 Å². The average molecular weight is 387 g/mol. The van der Waals surface area contributed by atoms with Crippen molar-refractivity contribution in [3.05, 3.63) is 65.5 Å². The van der Waals surface area contributed by atoms with Gasteiger partial charge in [0, 0.05) is 26.2 Å². The molecule has 0 spiro atoms. The summed E-state index contributed by atoms with van der Waals surface area (Å²) in [6, 6.07) is 13.8. The van der Waals surface area contributed by atoms with Crippen LogP contribution < -0.4 is 0 Å². The van der Waals surface area contributed by atoms with Crippen LogP contribution in [0.2, 0.25) is 0 Å². The molecule has 0 unspecified atom stereocenters. The molecule has 2 aromatic carbocycles. The predicted octanol–water partition coefficient (Wildman–Crippen LogP) is 1.77. The van der Waals surface area contributed by atoms with Crippen molar-refractivity contribution in [2.75, 3.05) is 26.2 Å². The van der Waals surface area contributed by atoms with Gasteiger partial charge >= 0.3 is 0 Å². The van der Waals surface area contributed by atoms with Crippen LogP contribution in [0.3, 0.4) is 0 Å². The summed E-state index contributed by atoms with van der Waals surface area (Å²) in [5.41, 5.74) is 0.715. The minimum Gasteiger partial charge on any atom is -0.340 e. The largest absolute Gasteiger partial charge is 0.340 e. The van der Waals surface area contributed by atoms with Crippen molar-refractivity contribution in [2.45, 2.75) is 11.3 Å². The van der Waals surface area contributed by atoms with Gasteiger partial charge in [-0.05, 0) is 35.9 Å². The molecule has 1 aliphatic heterocycles. The minimum atomic E-state index is -3.68. The molecule has 1 heterocycles. The predicted molar refractivity (Wildman–Crippen MR) is 96.6 cm³/mol. The summed E-state index contributed by atoms with van der Waals surface area (Å²) in [7, 11) is -3.68. The van der Waals surface area contributed by atoms with Gasteiger partial charge in [0.05, 0.1) is 22.9 Å². The Hall–Kier alpha value is -2.76. The lowest BCUT2D eigenvalue weighted by Crippen LogP contribution is -2.50. The van der Waals surface area contributed by atoms with Crippen molar-refractivity contribution < 1.29 is 17.6 Å². The van der Waals surface area contributed by atoms with Crippen molar-refractivity contribution in [3.63, 3.8) is 0 Å². The molecule has 6 nitrogen and oxygen atoms in total. The molecule has 0 radical (unpaired) electrons.